The van der Waals surface area contributed by atoms with Crippen LogP contribution in [0.5, 0.6) is 0 Å². The number of benzene rings is 1. The van der Waals surface area contributed by atoms with Crippen molar-refractivity contribution in [3.05, 3.63) is 34.4 Å². The molecule has 224 valence electrons. The highest BCUT2D eigenvalue weighted by Gasteiger charge is 2.32. The molecule has 0 heterocycles. The van der Waals surface area contributed by atoms with Gasteiger partial charge < -0.3 is 31.3 Å². The zero-order valence-corrected chi connectivity index (χ0v) is 24.8. The Hall–Kier alpha value is -3.74. The molecule has 1 rings (SSSR count). The van der Waals surface area contributed by atoms with Gasteiger partial charge in [-0.05, 0) is 58.6 Å². The maximum atomic E-state index is 13.0. The summed E-state index contributed by atoms with van der Waals surface area (Å²) in [7, 11) is 0. The van der Waals surface area contributed by atoms with Crippen LogP contribution in [0.25, 0.3) is 0 Å². The monoisotopic (exact) mass is 564 g/mol. The molecular weight excluding hydrogens is 520 g/mol. The highest BCUT2D eigenvalue weighted by atomic mass is 16.6. The number of non-ortho nitro benzene ring substituents is 1. The molecule has 5 N–H and O–H groups in total. The molecule has 0 spiro atoms. The maximum absolute atomic E-state index is 13.0. The first-order chi connectivity index (χ1) is 18.4. The van der Waals surface area contributed by atoms with Gasteiger partial charge in [0.1, 0.15) is 17.7 Å². The molecule has 0 bridgehead atoms. The molecule has 1 aromatic rings. The molecule has 4 amide bonds. The van der Waals surface area contributed by atoms with E-state index in [0.29, 0.717) is 5.69 Å². The predicted octanol–water partition coefficient (Wildman–Crippen LogP) is 2.71. The molecule has 0 aromatic heterocycles. The van der Waals surface area contributed by atoms with E-state index >= 15 is 0 Å². The lowest BCUT2D eigenvalue weighted by Gasteiger charge is -2.29. The standard InChI is InChI=1S/C27H44N6O7/c1-15(2)21(31-25(36)22(16(3)4)32-26(37)40-27(7,8)9)24(35)29-17(5)14-28-18(6)23(34)30-19-10-12-20(13-11-19)33(38)39/h10-13,15-18,21-22,28H,14H2,1-9H3,(H,29,35)(H,30,34)(H,31,36)(H,32,37)/t17-,18-,21-,22-/m0/s1. The summed E-state index contributed by atoms with van der Waals surface area (Å²) >= 11 is 0. The Kier molecular flexibility index (Phi) is 13.0. The SMILES string of the molecule is CC(C)[C@H](NC(=O)OC(C)(C)C)C(=O)N[C@H](C(=O)N[C@@H](C)CN[C@@H](C)C(=O)Nc1ccc([N+](=O)[O-])cc1)C(C)C. The molecule has 40 heavy (non-hydrogen) atoms. The Labute approximate surface area is 235 Å². The normalized spacial score (nSPS) is 14.5. The van der Waals surface area contributed by atoms with Crippen molar-refractivity contribution in [2.24, 2.45) is 11.8 Å². The van der Waals surface area contributed by atoms with Gasteiger partial charge >= 0.3 is 6.09 Å². The van der Waals surface area contributed by atoms with E-state index in [1.54, 1.807) is 62.3 Å². The molecule has 0 saturated carbocycles. The number of nitrogens with one attached hydrogen (secondary N) is 5. The largest absolute Gasteiger partial charge is 0.444 e. The summed E-state index contributed by atoms with van der Waals surface area (Å²) in [6, 6.07) is 2.70. The summed E-state index contributed by atoms with van der Waals surface area (Å²) < 4.78 is 5.26. The lowest BCUT2D eigenvalue weighted by Crippen LogP contribution is -2.58. The molecule has 0 radical (unpaired) electrons. The Morgan fingerprint density at radius 1 is 0.825 bits per heavy atom. The third-order valence-electron chi connectivity index (χ3n) is 5.73. The lowest BCUT2D eigenvalue weighted by atomic mass is 9.99. The second-order valence-corrected chi connectivity index (χ2v) is 11.4. The second-order valence-electron chi connectivity index (χ2n) is 11.4. The Bertz CT molecular complexity index is 1040. The van der Waals surface area contributed by atoms with Gasteiger partial charge in [0, 0.05) is 30.4 Å². The molecule has 13 heteroatoms. The first kappa shape index (κ1) is 34.3. The number of carbonyl (C=O) groups is 4. The molecule has 0 aliphatic heterocycles. The molecule has 4 atom stereocenters. The predicted molar refractivity (Wildman–Crippen MR) is 152 cm³/mol. The van der Waals surface area contributed by atoms with E-state index in [1.165, 1.54) is 24.3 Å². The quantitative estimate of drug-likeness (QED) is 0.179. The minimum Gasteiger partial charge on any atom is -0.444 e. The minimum absolute atomic E-state index is 0.0799. The van der Waals surface area contributed by atoms with Crippen molar-refractivity contribution in [1.82, 2.24) is 21.3 Å². The number of amides is 4. The van der Waals surface area contributed by atoms with Crippen molar-refractivity contribution in [3.8, 4) is 0 Å². The molecule has 1 aromatic carbocycles. The third kappa shape index (κ3) is 12.0. The van der Waals surface area contributed by atoms with E-state index in [9.17, 15) is 29.3 Å². The van der Waals surface area contributed by atoms with E-state index < -0.39 is 46.6 Å². The van der Waals surface area contributed by atoms with Gasteiger partial charge in [-0.25, -0.2) is 4.79 Å². The molecule has 0 saturated heterocycles. The van der Waals surface area contributed by atoms with Gasteiger partial charge in [-0.2, -0.15) is 0 Å². The molecule has 13 nitrogen and oxygen atoms in total. The minimum atomic E-state index is -0.905. The fraction of sp³-hybridized carbons (Fsp3) is 0.630. The number of carbonyl (C=O) groups excluding carboxylic acids is 4. The van der Waals surface area contributed by atoms with Crippen LogP contribution in [-0.4, -0.2) is 65.1 Å². The number of ether oxygens (including phenoxy) is 1. The first-order valence-electron chi connectivity index (χ1n) is 13.3. The van der Waals surface area contributed by atoms with Crippen LogP contribution in [0.3, 0.4) is 0 Å². The van der Waals surface area contributed by atoms with Gasteiger partial charge in [0.15, 0.2) is 0 Å². The van der Waals surface area contributed by atoms with Crippen molar-refractivity contribution in [2.75, 3.05) is 11.9 Å². The van der Waals surface area contributed by atoms with Crippen LogP contribution in [0, 0.1) is 22.0 Å². The summed E-state index contributed by atoms with van der Waals surface area (Å²) in [5.74, 6) is -1.76. The van der Waals surface area contributed by atoms with E-state index in [1.807, 2.05) is 0 Å². The zero-order chi connectivity index (χ0) is 30.8. The summed E-state index contributed by atoms with van der Waals surface area (Å²) in [5, 5.41) is 24.7. The Balaban J connectivity index is 2.68. The van der Waals surface area contributed by atoms with Gasteiger partial charge in [0.25, 0.3) is 5.69 Å². The van der Waals surface area contributed by atoms with E-state index in [2.05, 4.69) is 26.6 Å². The highest BCUT2D eigenvalue weighted by Crippen LogP contribution is 2.15. The fourth-order valence-corrected chi connectivity index (χ4v) is 3.49. The summed E-state index contributed by atoms with van der Waals surface area (Å²) in [4.78, 5) is 61.0. The van der Waals surface area contributed by atoms with Crippen LogP contribution in [0.1, 0.15) is 62.3 Å². The number of nitrogens with zero attached hydrogens (tertiary/aromatic N) is 1. The van der Waals surface area contributed by atoms with Gasteiger partial charge in [-0.3, -0.25) is 24.5 Å². The number of alkyl carbamates (subject to hydrolysis) is 1. The number of hydrogen-bond acceptors (Lipinski definition) is 8. The number of nitro benzene ring substituents is 1. The second kappa shape index (κ2) is 15.2. The Morgan fingerprint density at radius 3 is 1.80 bits per heavy atom. The molecule has 0 aliphatic rings. The molecular formula is C27H44N6O7. The lowest BCUT2D eigenvalue weighted by molar-refractivity contribution is -0.384. The number of hydrogen-bond donors (Lipinski definition) is 5. The van der Waals surface area contributed by atoms with Crippen LogP contribution < -0.4 is 26.6 Å². The van der Waals surface area contributed by atoms with Crippen LogP contribution in [0.2, 0.25) is 0 Å². The van der Waals surface area contributed by atoms with Crippen molar-refractivity contribution in [1.29, 1.82) is 0 Å². The smallest absolute Gasteiger partial charge is 0.408 e. The van der Waals surface area contributed by atoms with Crippen molar-refractivity contribution < 1.29 is 28.8 Å². The van der Waals surface area contributed by atoms with Crippen molar-refractivity contribution in [3.63, 3.8) is 0 Å². The average molecular weight is 565 g/mol. The first-order valence-corrected chi connectivity index (χ1v) is 13.3. The van der Waals surface area contributed by atoms with Crippen molar-refractivity contribution in [2.45, 2.75) is 92.1 Å². The summed E-state index contributed by atoms with van der Waals surface area (Å²) in [5.41, 5.74) is -0.388. The molecule has 0 aliphatic carbocycles. The zero-order valence-electron chi connectivity index (χ0n) is 24.8. The van der Waals surface area contributed by atoms with Crippen molar-refractivity contribution >= 4 is 35.2 Å². The maximum Gasteiger partial charge on any atom is 0.408 e. The van der Waals surface area contributed by atoms with Gasteiger partial charge in [-0.1, -0.05) is 27.7 Å². The molecule has 0 fully saturated rings. The van der Waals surface area contributed by atoms with Crippen LogP contribution in [0.15, 0.2) is 24.3 Å². The Morgan fingerprint density at radius 2 is 1.32 bits per heavy atom. The number of nitro groups is 1. The topological polar surface area (TPSA) is 181 Å². The molecule has 0 unspecified atom stereocenters. The van der Waals surface area contributed by atoms with Gasteiger partial charge in [-0.15, -0.1) is 0 Å². The fourth-order valence-electron chi connectivity index (χ4n) is 3.49. The van der Waals surface area contributed by atoms with E-state index in [-0.39, 0.29) is 36.0 Å². The van der Waals surface area contributed by atoms with Crippen LogP contribution in [-0.2, 0) is 19.1 Å². The van der Waals surface area contributed by atoms with Gasteiger partial charge in [0.05, 0.1) is 11.0 Å². The number of anilines is 1. The van der Waals surface area contributed by atoms with E-state index in [4.69, 9.17) is 4.74 Å². The third-order valence-corrected chi connectivity index (χ3v) is 5.73. The number of rotatable bonds is 13. The van der Waals surface area contributed by atoms with Crippen LogP contribution in [0.4, 0.5) is 16.2 Å². The average Bonchev–Trinajstić information content (AvgIpc) is 2.82. The summed E-state index contributed by atoms with van der Waals surface area (Å²) in [6.07, 6.45) is -0.724. The highest BCUT2D eigenvalue weighted by molar-refractivity contribution is 5.94. The summed E-state index contributed by atoms with van der Waals surface area (Å²) in [6.45, 7) is 16.0. The van der Waals surface area contributed by atoms with Gasteiger partial charge in [0.2, 0.25) is 17.7 Å². The van der Waals surface area contributed by atoms with Crippen LogP contribution >= 0.6 is 0 Å². The van der Waals surface area contributed by atoms with E-state index in [0.717, 1.165) is 0 Å².